The molecule has 2 rings (SSSR count). The van der Waals surface area contributed by atoms with Crippen LogP contribution in [0.5, 0.6) is 11.5 Å². The maximum atomic E-state index is 11.7. The van der Waals surface area contributed by atoms with Crippen LogP contribution < -0.4 is 14.8 Å². The lowest BCUT2D eigenvalue weighted by molar-refractivity contribution is -0.123. The number of aromatic nitrogens is 1. The molecule has 0 aliphatic heterocycles. The molecule has 0 spiro atoms. The molecule has 110 valence electrons. The van der Waals surface area contributed by atoms with E-state index in [0.717, 1.165) is 5.69 Å². The molecule has 1 amide bonds. The lowest BCUT2D eigenvalue weighted by Gasteiger charge is -2.10. The Kier molecular flexibility index (Phi) is 5.58. The fourth-order valence-electron chi connectivity index (χ4n) is 1.81. The minimum absolute atomic E-state index is 0.0391. The summed E-state index contributed by atoms with van der Waals surface area (Å²) >= 11 is 0. The largest absolute Gasteiger partial charge is 0.493 e. The van der Waals surface area contributed by atoms with Gasteiger partial charge in [0.15, 0.2) is 18.1 Å². The van der Waals surface area contributed by atoms with Crippen molar-refractivity contribution in [2.45, 2.75) is 6.42 Å². The molecular weight excluding hydrogens is 268 g/mol. The van der Waals surface area contributed by atoms with Gasteiger partial charge >= 0.3 is 0 Å². The van der Waals surface area contributed by atoms with Gasteiger partial charge in [-0.3, -0.25) is 9.78 Å². The summed E-state index contributed by atoms with van der Waals surface area (Å²) in [5, 5.41) is 2.79. The van der Waals surface area contributed by atoms with E-state index in [0.29, 0.717) is 24.5 Å². The molecule has 0 aliphatic rings. The number of amides is 1. The molecular formula is C16H18N2O3. The normalized spacial score (nSPS) is 9.95. The molecule has 1 aromatic carbocycles. The van der Waals surface area contributed by atoms with Crippen molar-refractivity contribution in [3.8, 4) is 11.5 Å². The van der Waals surface area contributed by atoms with Gasteiger partial charge in [0.25, 0.3) is 5.91 Å². The Morgan fingerprint density at radius 3 is 2.62 bits per heavy atom. The molecule has 1 aromatic heterocycles. The maximum Gasteiger partial charge on any atom is 0.257 e. The van der Waals surface area contributed by atoms with Crippen LogP contribution in [0.4, 0.5) is 0 Å². The number of rotatable bonds is 7. The van der Waals surface area contributed by atoms with Crippen LogP contribution in [-0.2, 0) is 11.2 Å². The lowest BCUT2D eigenvalue weighted by Crippen LogP contribution is -2.30. The average molecular weight is 286 g/mol. The first kappa shape index (κ1) is 14.8. The van der Waals surface area contributed by atoms with E-state index in [4.69, 9.17) is 9.47 Å². The highest BCUT2D eigenvalue weighted by Gasteiger charge is 2.06. The van der Waals surface area contributed by atoms with Gasteiger partial charge in [-0.05, 0) is 24.3 Å². The third-order valence-electron chi connectivity index (χ3n) is 2.86. The molecule has 0 saturated carbocycles. The maximum absolute atomic E-state index is 11.7. The summed E-state index contributed by atoms with van der Waals surface area (Å²) in [6.07, 6.45) is 2.43. The van der Waals surface area contributed by atoms with Crippen LogP contribution in [0.3, 0.4) is 0 Å². The van der Waals surface area contributed by atoms with E-state index in [9.17, 15) is 4.79 Å². The first-order valence-electron chi connectivity index (χ1n) is 6.72. The standard InChI is InChI=1S/C16H18N2O3/c1-20-14-7-2-3-8-15(14)21-12-16(19)18-11-9-13-6-4-5-10-17-13/h2-8,10H,9,11-12H2,1H3,(H,18,19). The number of pyridine rings is 1. The summed E-state index contributed by atoms with van der Waals surface area (Å²) in [6, 6.07) is 12.9. The quantitative estimate of drug-likeness (QED) is 0.843. The summed E-state index contributed by atoms with van der Waals surface area (Å²) < 4.78 is 10.6. The number of nitrogens with one attached hydrogen (secondary N) is 1. The zero-order valence-electron chi connectivity index (χ0n) is 11.9. The van der Waals surface area contributed by atoms with E-state index in [1.807, 2.05) is 30.3 Å². The molecule has 0 aliphatic carbocycles. The Hall–Kier alpha value is -2.56. The highest BCUT2D eigenvalue weighted by Crippen LogP contribution is 2.25. The summed E-state index contributed by atoms with van der Waals surface area (Å²) in [4.78, 5) is 15.9. The lowest BCUT2D eigenvalue weighted by atomic mass is 10.3. The van der Waals surface area contributed by atoms with Gasteiger partial charge < -0.3 is 14.8 Å². The van der Waals surface area contributed by atoms with Gasteiger partial charge in [-0.25, -0.2) is 0 Å². The van der Waals surface area contributed by atoms with Crippen molar-refractivity contribution < 1.29 is 14.3 Å². The Morgan fingerprint density at radius 1 is 1.14 bits per heavy atom. The number of hydrogen-bond donors (Lipinski definition) is 1. The van der Waals surface area contributed by atoms with E-state index in [1.165, 1.54) is 0 Å². The number of hydrogen-bond acceptors (Lipinski definition) is 4. The molecule has 0 bridgehead atoms. The van der Waals surface area contributed by atoms with E-state index >= 15 is 0 Å². The van der Waals surface area contributed by atoms with Crippen molar-refractivity contribution in [2.24, 2.45) is 0 Å². The van der Waals surface area contributed by atoms with Crippen molar-refractivity contribution >= 4 is 5.91 Å². The van der Waals surface area contributed by atoms with Crippen molar-refractivity contribution in [3.05, 3.63) is 54.4 Å². The monoisotopic (exact) mass is 286 g/mol. The molecule has 5 heteroatoms. The predicted octanol–water partition coefficient (Wildman–Crippen LogP) is 1.83. The van der Waals surface area contributed by atoms with Crippen molar-refractivity contribution in [2.75, 3.05) is 20.3 Å². The predicted molar refractivity (Wildman–Crippen MR) is 79.4 cm³/mol. The zero-order valence-corrected chi connectivity index (χ0v) is 11.9. The van der Waals surface area contributed by atoms with Crippen molar-refractivity contribution in [1.82, 2.24) is 10.3 Å². The highest BCUT2D eigenvalue weighted by atomic mass is 16.5. The van der Waals surface area contributed by atoms with Crippen LogP contribution in [0, 0.1) is 0 Å². The van der Waals surface area contributed by atoms with Crippen LogP contribution in [0.2, 0.25) is 0 Å². The number of methoxy groups -OCH3 is 1. The van der Waals surface area contributed by atoms with Gasteiger partial charge in [-0.15, -0.1) is 0 Å². The number of para-hydroxylation sites is 2. The van der Waals surface area contributed by atoms with Gasteiger partial charge in [-0.2, -0.15) is 0 Å². The van der Waals surface area contributed by atoms with E-state index in [1.54, 1.807) is 25.4 Å². The van der Waals surface area contributed by atoms with Gasteiger partial charge in [0.2, 0.25) is 0 Å². The van der Waals surface area contributed by atoms with Crippen LogP contribution >= 0.6 is 0 Å². The molecule has 2 aromatic rings. The number of benzene rings is 1. The Labute approximate surface area is 123 Å². The third-order valence-corrected chi connectivity index (χ3v) is 2.86. The summed E-state index contributed by atoms with van der Waals surface area (Å²) in [7, 11) is 1.56. The van der Waals surface area contributed by atoms with E-state index in [2.05, 4.69) is 10.3 Å². The molecule has 0 radical (unpaired) electrons. The number of ether oxygens (including phenoxy) is 2. The van der Waals surface area contributed by atoms with Crippen LogP contribution in [0.25, 0.3) is 0 Å². The van der Waals surface area contributed by atoms with Crippen LogP contribution in [0.1, 0.15) is 5.69 Å². The molecule has 0 atom stereocenters. The van der Waals surface area contributed by atoms with Gasteiger partial charge in [0.1, 0.15) is 0 Å². The van der Waals surface area contributed by atoms with E-state index in [-0.39, 0.29) is 12.5 Å². The molecule has 0 fully saturated rings. The Bertz CT molecular complexity index is 573. The van der Waals surface area contributed by atoms with Gasteiger partial charge in [0.05, 0.1) is 7.11 Å². The highest BCUT2D eigenvalue weighted by molar-refractivity contribution is 5.77. The summed E-state index contributed by atoms with van der Waals surface area (Å²) in [5.41, 5.74) is 0.948. The summed E-state index contributed by atoms with van der Waals surface area (Å²) in [6.45, 7) is 0.494. The van der Waals surface area contributed by atoms with Crippen molar-refractivity contribution in [1.29, 1.82) is 0 Å². The van der Waals surface area contributed by atoms with Crippen LogP contribution in [-0.4, -0.2) is 31.2 Å². The molecule has 1 heterocycles. The second kappa shape index (κ2) is 7.89. The molecule has 0 saturated heterocycles. The minimum Gasteiger partial charge on any atom is -0.493 e. The Morgan fingerprint density at radius 2 is 1.90 bits per heavy atom. The minimum atomic E-state index is -0.170. The zero-order chi connectivity index (χ0) is 14.9. The van der Waals surface area contributed by atoms with Crippen molar-refractivity contribution in [3.63, 3.8) is 0 Å². The third kappa shape index (κ3) is 4.80. The van der Waals surface area contributed by atoms with E-state index < -0.39 is 0 Å². The fourth-order valence-corrected chi connectivity index (χ4v) is 1.81. The molecule has 0 unspecified atom stereocenters. The Balaban J connectivity index is 1.72. The average Bonchev–Trinajstić information content (AvgIpc) is 2.54. The van der Waals surface area contributed by atoms with Gasteiger partial charge in [0, 0.05) is 24.9 Å². The molecule has 5 nitrogen and oxygen atoms in total. The molecule has 21 heavy (non-hydrogen) atoms. The van der Waals surface area contributed by atoms with Crippen LogP contribution in [0.15, 0.2) is 48.7 Å². The topological polar surface area (TPSA) is 60.5 Å². The molecule has 1 N–H and O–H groups in total. The first-order chi connectivity index (χ1) is 10.3. The van der Waals surface area contributed by atoms with Gasteiger partial charge in [-0.1, -0.05) is 18.2 Å². The second-order valence-electron chi connectivity index (χ2n) is 4.36. The number of carbonyl (C=O) groups is 1. The number of nitrogens with zero attached hydrogens (tertiary/aromatic N) is 1. The smallest absolute Gasteiger partial charge is 0.257 e. The first-order valence-corrected chi connectivity index (χ1v) is 6.72. The number of carbonyl (C=O) groups excluding carboxylic acids is 1. The second-order valence-corrected chi connectivity index (χ2v) is 4.36. The SMILES string of the molecule is COc1ccccc1OCC(=O)NCCc1ccccn1. The summed E-state index contributed by atoms with van der Waals surface area (Å²) in [5.74, 6) is 0.996. The fraction of sp³-hybridized carbons (Fsp3) is 0.250.